The first kappa shape index (κ1) is 8.17. The van der Waals surface area contributed by atoms with Gasteiger partial charge in [0, 0.05) is 0 Å². The Bertz CT molecular complexity index is 60.3. The van der Waals surface area contributed by atoms with Crippen LogP contribution in [0.25, 0.3) is 0 Å². The Labute approximate surface area is 53.7 Å². The summed E-state index contributed by atoms with van der Waals surface area (Å²) in [5.74, 6) is 0. The molecule has 0 saturated carbocycles. The summed E-state index contributed by atoms with van der Waals surface area (Å²) >= 11 is 0. The zero-order valence-corrected chi connectivity index (χ0v) is 5.10. The molecule has 0 bridgehead atoms. The van der Waals surface area contributed by atoms with Crippen molar-refractivity contribution in [1.29, 1.82) is 0 Å². The zero-order chi connectivity index (χ0) is 5.28. The number of aliphatic hydroxyl groups excluding tert-OH is 2. The van der Waals surface area contributed by atoms with Gasteiger partial charge in [0.15, 0.2) is 0 Å². The largest absolute Gasteiger partial charge is 0.388 e. The number of hydrogen-bond acceptors (Lipinski definition) is 3. The standard InChI is InChI=1S/C4H8O3.ClH/c5-3-1-7-2-4(3)6;/h3-6H,1-2H2;1H. The van der Waals surface area contributed by atoms with E-state index in [4.69, 9.17) is 10.2 Å². The molecule has 1 rings (SSSR count). The Morgan fingerprint density at radius 3 is 1.62 bits per heavy atom. The monoisotopic (exact) mass is 140 g/mol. The first-order chi connectivity index (χ1) is 3.30. The molecule has 0 aromatic heterocycles. The lowest BCUT2D eigenvalue weighted by atomic mass is 10.3. The van der Waals surface area contributed by atoms with Gasteiger partial charge in [0.2, 0.25) is 0 Å². The second-order valence-electron chi connectivity index (χ2n) is 1.67. The molecule has 1 aliphatic heterocycles. The van der Waals surface area contributed by atoms with Crippen LogP contribution >= 0.6 is 12.4 Å². The topological polar surface area (TPSA) is 49.7 Å². The summed E-state index contributed by atoms with van der Waals surface area (Å²) in [6.45, 7) is 0.558. The van der Waals surface area contributed by atoms with Gasteiger partial charge < -0.3 is 14.9 Å². The molecule has 1 aliphatic rings. The fourth-order valence-corrected chi connectivity index (χ4v) is 0.532. The van der Waals surface area contributed by atoms with E-state index in [-0.39, 0.29) is 25.6 Å². The van der Waals surface area contributed by atoms with Crippen molar-refractivity contribution in [1.82, 2.24) is 0 Å². The second kappa shape index (κ2) is 3.25. The molecule has 2 N–H and O–H groups in total. The molecule has 0 amide bonds. The predicted molar refractivity (Wildman–Crippen MR) is 30.1 cm³/mol. The molecule has 50 valence electrons. The lowest BCUT2D eigenvalue weighted by molar-refractivity contribution is 0.0572. The lowest BCUT2D eigenvalue weighted by Gasteiger charge is -2.00. The van der Waals surface area contributed by atoms with Crippen molar-refractivity contribution in [3.8, 4) is 0 Å². The van der Waals surface area contributed by atoms with Gasteiger partial charge >= 0.3 is 0 Å². The number of hydrogen-bond donors (Lipinski definition) is 2. The predicted octanol–water partition coefficient (Wildman–Crippen LogP) is -0.840. The highest BCUT2D eigenvalue weighted by molar-refractivity contribution is 5.85. The van der Waals surface area contributed by atoms with E-state index >= 15 is 0 Å². The third kappa shape index (κ3) is 1.59. The number of halogens is 1. The fourth-order valence-electron chi connectivity index (χ4n) is 0.532. The van der Waals surface area contributed by atoms with Crippen LogP contribution in [0.1, 0.15) is 0 Å². The molecule has 0 spiro atoms. The highest BCUT2D eigenvalue weighted by Gasteiger charge is 2.22. The molecule has 0 aliphatic carbocycles. The summed E-state index contributed by atoms with van der Waals surface area (Å²) < 4.78 is 4.67. The highest BCUT2D eigenvalue weighted by atomic mass is 35.5. The first-order valence-corrected chi connectivity index (χ1v) is 2.24. The average Bonchev–Trinajstić information content (AvgIpc) is 1.91. The minimum Gasteiger partial charge on any atom is -0.388 e. The van der Waals surface area contributed by atoms with Crippen LogP contribution in [0, 0.1) is 0 Å². The zero-order valence-electron chi connectivity index (χ0n) is 4.28. The molecule has 3 nitrogen and oxygen atoms in total. The maximum absolute atomic E-state index is 8.62. The fraction of sp³-hybridized carbons (Fsp3) is 1.00. The molecule has 0 radical (unpaired) electrons. The van der Waals surface area contributed by atoms with Gasteiger partial charge in [0.25, 0.3) is 0 Å². The molecule has 1 fully saturated rings. The summed E-state index contributed by atoms with van der Waals surface area (Å²) in [6.07, 6.45) is -1.31. The molecule has 1 saturated heterocycles. The van der Waals surface area contributed by atoms with Crippen molar-refractivity contribution in [3.63, 3.8) is 0 Å². The highest BCUT2D eigenvalue weighted by Crippen LogP contribution is 2.02. The summed E-state index contributed by atoms with van der Waals surface area (Å²) in [5.41, 5.74) is 0. The van der Waals surface area contributed by atoms with E-state index in [1.165, 1.54) is 0 Å². The molecular weight excluding hydrogens is 131 g/mol. The van der Waals surface area contributed by atoms with Gasteiger partial charge in [-0.05, 0) is 0 Å². The minimum absolute atomic E-state index is 0. The van der Waals surface area contributed by atoms with Crippen LogP contribution in [0.4, 0.5) is 0 Å². The van der Waals surface area contributed by atoms with E-state index in [1.807, 2.05) is 0 Å². The van der Waals surface area contributed by atoms with Gasteiger partial charge in [0.1, 0.15) is 12.2 Å². The van der Waals surface area contributed by atoms with E-state index in [2.05, 4.69) is 4.74 Å². The lowest BCUT2D eigenvalue weighted by Crippen LogP contribution is -2.22. The Morgan fingerprint density at radius 2 is 1.50 bits per heavy atom. The van der Waals surface area contributed by atoms with Gasteiger partial charge in [-0.25, -0.2) is 0 Å². The molecule has 8 heavy (non-hydrogen) atoms. The second-order valence-corrected chi connectivity index (χ2v) is 1.67. The SMILES string of the molecule is Cl.OC1COCC1O. The van der Waals surface area contributed by atoms with Crippen molar-refractivity contribution >= 4 is 12.4 Å². The molecule has 2 atom stereocenters. The Kier molecular flexibility index (Phi) is 3.31. The maximum atomic E-state index is 8.62. The summed E-state index contributed by atoms with van der Waals surface area (Å²) in [5, 5.41) is 17.2. The summed E-state index contributed by atoms with van der Waals surface area (Å²) in [6, 6.07) is 0. The molecular formula is C4H9ClO3. The van der Waals surface area contributed by atoms with Crippen molar-refractivity contribution in [2.45, 2.75) is 12.2 Å². The molecule has 1 heterocycles. The van der Waals surface area contributed by atoms with Crippen LogP contribution < -0.4 is 0 Å². The Hall–Kier alpha value is 0.170. The maximum Gasteiger partial charge on any atom is 0.105 e. The van der Waals surface area contributed by atoms with E-state index < -0.39 is 12.2 Å². The van der Waals surface area contributed by atoms with E-state index in [1.54, 1.807) is 0 Å². The van der Waals surface area contributed by atoms with Crippen LogP contribution in [0.2, 0.25) is 0 Å². The normalized spacial score (nSPS) is 36.8. The molecule has 0 aromatic carbocycles. The van der Waals surface area contributed by atoms with Gasteiger partial charge in [0.05, 0.1) is 13.2 Å². The quantitative estimate of drug-likeness (QED) is 0.462. The van der Waals surface area contributed by atoms with Crippen LogP contribution in [0.15, 0.2) is 0 Å². The van der Waals surface area contributed by atoms with E-state index in [0.29, 0.717) is 0 Å². The van der Waals surface area contributed by atoms with E-state index in [9.17, 15) is 0 Å². The third-order valence-corrected chi connectivity index (χ3v) is 1.02. The molecule has 4 heteroatoms. The van der Waals surface area contributed by atoms with Gasteiger partial charge in [-0.15, -0.1) is 12.4 Å². The number of rotatable bonds is 0. The van der Waals surface area contributed by atoms with Crippen LogP contribution in [0.3, 0.4) is 0 Å². The van der Waals surface area contributed by atoms with Crippen LogP contribution in [-0.4, -0.2) is 35.6 Å². The number of aliphatic hydroxyl groups is 2. The van der Waals surface area contributed by atoms with Crippen molar-refractivity contribution in [2.24, 2.45) is 0 Å². The van der Waals surface area contributed by atoms with Gasteiger partial charge in [-0.3, -0.25) is 0 Å². The van der Waals surface area contributed by atoms with Crippen LogP contribution in [-0.2, 0) is 4.74 Å². The average molecular weight is 141 g/mol. The van der Waals surface area contributed by atoms with E-state index in [0.717, 1.165) is 0 Å². The van der Waals surface area contributed by atoms with Crippen molar-refractivity contribution in [2.75, 3.05) is 13.2 Å². The smallest absolute Gasteiger partial charge is 0.105 e. The van der Waals surface area contributed by atoms with Gasteiger partial charge in [-0.2, -0.15) is 0 Å². The molecule has 2 unspecified atom stereocenters. The summed E-state index contributed by atoms with van der Waals surface area (Å²) in [4.78, 5) is 0. The Morgan fingerprint density at radius 1 is 1.12 bits per heavy atom. The third-order valence-electron chi connectivity index (χ3n) is 1.02. The van der Waals surface area contributed by atoms with Crippen molar-refractivity contribution in [3.05, 3.63) is 0 Å². The van der Waals surface area contributed by atoms with Crippen molar-refractivity contribution < 1.29 is 14.9 Å². The summed E-state index contributed by atoms with van der Waals surface area (Å²) in [7, 11) is 0. The van der Waals surface area contributed by atoms with Gasteiger partial charge in [-0.1, -0.05) is 0 Å². The minimum atomic E-state index is -0.653. The Balaban J connectivity index is 0.000000490. The van der Waals surface area contributed by atoms with Crippen LogP contribution in [0.5, 0.6) is 0 Å². The number of ether oxygens (including phenoxy) is 1. The molecule has 0 aromatic rings. The first-order valence-electron chi connectivity index (χ1n) is 2.24.